The fourth-order valence-electron chi connectivity index (χ4n) is 2.26. The smallest absolute Gasteiger partial charge is 0.407 e. The standard InChI is InChI=1S/C16H32N2O3/c1-12(2)13(9-17-14(19)21-15(3,4)5)10-18-16(6)7-8-20-11-16/h12-13,18H,7-11H2,1-6H3,(H,17,19). The lowest BCUT2D eigenvalue weighted by Crippen LogP contribution is -2.48. The molecule has 2 atom stereocenters. The van der Waals surface area contributed by atoms with Crippen molar-refractivity contribution >= 4 is 6.09 Å². The number of carbonyl (C=O) groups is 1. The average Bonchev–Trinajstić information content (AvgIpc) is 2.73. The Bertz CT molecular complexity index is 331. The van der Waals surface area contributed by atoms with Crippen LogP contribution < -0.4 is 10.6 Å². The molecule has 5 nitrogen and oxygen atoms in total. The summed E-state index contributed by atoms with van der Waals surface area (Å²) in [5.74, 6) is 0.855. The third kappa shape index (κ3) is 7.14. The lowest BCUT2D eigenvalue weighted by Gasteiger charge is -2.29. The molecule has 5 heteroatoms. The van der Waals surface area contributed by atoms with Crippen LogP contribution in [0.4, 0.5) is 4.79 Å². The Morgan fingerprint density at radius 1 is 1.33 bits per heavy atom. The number of ether oxygens (including phenoxy) is 2. The number of hydrogen-bond acceptors (Lipinski definition) is 4. The van der Waals surface area contributed by atoms with Crippen LogP contribution in [0.1, 0.15) is 48.0 Å². The van der Waals surface area contributed by atoms with Gasteiger partial charge in [-0.1, -0.05) is 13.8 Å². The maximum Gasteiger partial charge on any atom is 0.407 e. The average molecular weight is 300 g/mol. The highest BCUT2D eigenvalue weighted by Gasteiger charge is 2.30. The van der Waals surface area contributed by atoms with E-state index in [1.54, 1.807) is 0 Å². The molecule has 124 valence electrons. The predicted molar refractivity (Wildman–Crippen MR) is 84.4 cm³/mol. The molecule has 0 saturated carbocycles. The van der Waals surface area contributed by atoms with Gasteiger partial charge in [-0.15, -0.1) is 0 Å². The third-order valence-corrected chi connectivity index (χ3v) is 3.86. The molecule has 1 heterocycles. The maximum atomic E-state index is 11.7. The third-order valence-electron chi connectivity index (χ3n) is 3.86. The van der Waals surface area contributed by atoms with Gasteiger partial charge in [0.15, 0.2) is 0 Å². The number of nitrogens with one attached hydrogen (secondary N) is 2. The van der Waals surface area contributed by atoms with Gasteiger partial charge in [0.05, 0.1) is 6.61 Å². The van der Waals surface area contributed by atoms with E-state index in [4.69, 9.17) is 9.47 Å². The molecule has 21 heavy (non-hydrogen) atoms. The molecule has 1 saturated heterocycles. The zero-order valence-electron chi connectivity index (χ0n) is 14.4. The van der Waals surface area contributed by atoms with Crippen LogP contribution in [0.15, 0.2) is 0 Å². The summed E-state index contributed by atoms with van der Waals surface area (Å²) in [5, 5.41) is 6.47. The van der Waals surface area contributed by atoms with E-state index in [0.29, 0.717) is 18.4 Å². The molecule has 0 bridgehead atoms. The normalized spacial score (nSPS) is 24.1. The minimum atomic E-state index is -0.454. The Kier molecular flexibility index (Phi) is 6.47. The van der Waals surface area contributed by atoms with Gasteiger partial charge in [0.25, 0.3) is 0 Å². The Hall–Kier alpha value is -0.810. The molecule has 1 fully saturated rings. The van der Waals surface area contributed by atoms with E-state index in [1.807, 2.05) is 20.8 Å². The number of alkyl carbamates (subject to hydrolysis) is 1. The summed E-state index contributed by atoms with van der Waals surface area (Å²) in [4.78, 5) is 11.7. The van der Waals surface area contributed by atoms with Crippen molar-refractivity contribution in [2.24, 2.45) is 11.8 Å². The lowest BCUT2D eigenvalue weighted by molar-refractivity contribution is 0.0513. The summed E-state index contributed by atoms with van der Waals surface area (Å²) in [6.45, 7) is 15.2. The first-order valence-electron chi connectivity index (χ1n) is 7.91. The lowest BCUT2D eigenvalue weighted by atomic mass is 9.93. The van der Waals surface area contributed by atoms with Crippen LogP contribution in [0.5, 0.6) is 0 Å². The fourth-order valence-corrected chi connectivity index (χ4v) is 2.26. The number of rotatable bonds is 6. The Balaban J connectivity index is 2.38. The van der Waals surface area contributed by atoms with Gasteiger partial charge in [-0.2, -0.15) is 0 Å². The first-order chi connectivity index (χ1) is 9.61. The summed E-state index contributed by atoms with van der Waals surface area (Å²) in [6.07, 6.45) is 0.695. The molecule has 0 aromatic carbocycles. The van der Waals surface area contributed by atoms with Gasteiger partial charge in [0.2, 0.25) is 0 Å². The second-order valence-corrected chi connectivity index (χ2v) is 7.63. The van der Waals surface area contributed by atoms with E-state index >= 15 is 0 Å². The first kappa shape index (κ1) is 18.2. The SMILES string of the molecule is CC(C)C(CNC(=O)OC(C)(C)C)CNC1(C)CCOC1. The fraction of sp³-hybridized carbons (Fsp3) is 0.938. The van der Waals surface area contributed by atoms with Crippen molar-refractivity contribution in [2.75, 3.05) is 26.3 Å². The minimum absolute atomic E-state index is 0.0685. The molecule has 0 aromatic rings. The largest absolute Gasteiger partial charge is 0.444 e. The molecular formula is C16H32N2O3. The van der Waals surface area contributed by atoms with Gasteiger partial charge in [0.1, 0.15) is 5.60 Å². The highest BCUT2D eigenvalue weighted by atomic mass is 16.6. The molecule has 1 rings (SSSR count). The van der Waals surface area contributed by atoms with Gasteiger partial charge >= 0.3 is 6.09 Å². The molecule has 0 radical (unpaired) electrons. The molecule has 2 unspecified atom stereocenters. The summed E-state index contributed by atoms with van der Waals surface area (Å²) in [6, 6.07) is 0. The van der Waals surface area contributed by atoms with Crippen molar-refractivity contribution < 1.29 is 14.3 Å². The maximum absolute atomic E-state index is 11.7. The molecule has 0 aromatic heterocycles. The van der Waals surface area contributed by atoms with Crippen molar-refractivity contribution in [3.63, 3.8) is 0 Å². The van der Waals surface area contributed by atoms with Gasteiger partial charge in [-0.25, -0.2) is 4.79 Å². The van der Waals surface area contributed by atoms with Crippen LogP contribution in [0.25, 0.3) is 0 Å². The van der Waals surface area contributed by atoms with E-state index in [0.717, 1.165) is 26.2 Å². The number of carbonyl (C=O) groups excluding carboxylic acids is 1. The minimum Gasteiger partial charge on any atom is -0.444 e. The van der Waals surface area contributed by atoms with Crippen molar-refractivity contribution in [3.8, 4) is 0 Å². The summed E-state index contributed by atoms with van der Waals surface area (Å²) in [5.41, 5.74) is -0.386. The highest BCUT2D eigenvalue weighted by molar-refractivity contribution is 5.67. The summed E-state index contributed by atoms with van der Waals surface area (Å²) in [7, 11) is 0. The van der Waals surface area contributed by atoms with Crippen LogP contribution in [0.3, 0.4) is 0 Å². The van der Waals surface area contributed by atoms with Crippen LogP contribution in [0.2, 0.25) is 0 Å². The van der Waals surface area contributed by atoms with Crippen molar-refractivity contribution in [1.82, 2.24) is 10.6 Å². The van der Waals surface area contributed by atoms with Gasteiger partial charge in [-0.05, 0) is 46.0 Å². The summed E-state index contributed by atoms with van der Waals surface area (Å²) >= 11 is 0. The summed E-state index contributed by atoms with van der Waals surface area (Å²) < 4.78 is 10.7. The van der Waals surface area contributed by atoms with E-state index in [9.17, 15) is 4.79 Å². The molecule has 1 aliphatic rings. The predicted octanol–water partition coefficient (Wildman–Crippen LogP) is 2.55. The molecule has 2 N–H and O–H groups in total. The van der Waals surface area contributed by atoms with Gasteiger partial charge < -0.3 is 20.1 Å². The zero-order valence-corrected chi connectivity index (χ0v) is 14.4. The van der Waals surface area contributed by atoms with E-state index in [-0.39, 0.29) is 11.6 Å². The number of amides is 1. The molecule has 0 spiro atoms. The second-order valence-electron chi connectivity index (χ2n) is 7.63. The van der Waals surface area contributed by atoms with E-state index in [1.165, 1.54) is 0 Å². The van der Waals surface area contributed by atoms with Crippen LogP contribution in [-0.2, 0) is 9.47 Å². The van der Waals surface area contributed by atoms with Crippen LogP contribution >= 0.6 is 0 Å². The molecular weight excluding hydrogens is 268 g/mol. The van der Waals surface area contributed by atoms with E-state index < -0.39 is 5.60 Å². The highest BCUT2D eigenvalue weighted by Crippen LogP contribution is 2.19. The van der Waals surface area contributed by atoms with Crippen molar-refractivity contribution in [1.29, 1.82) is 0 Å². The topological polar surface area (TPSA) is 59.6 Å². The second kappa shape index (κ2) is 7.45. The quantitative estimate of drug-likeness (QED) is 0.791. The molecule has 1 amide bonds. The molecule has 0 aliphatic carbocycles. The van der Waals surface area contributed by atoms with E-state index in [2.05, 4.69) is 31.4 Å². The first-order valence-corrected chi connectivity index (χ1v) is 7.91. The number of hydrogen-bond donors (Lipinski definition) is 2. The monoisotopic (exact) mass is 300 g/mol. The Morgan fingerprint density at radius 3 is 2.48 bits per heavy atom. The van der Waals surface area contributed by atoms with Crippen molar-refractivity contribution in [3.05, 3.63) is 0 Å². The van der Waals surface area contributed by atoms with Gasteiger partial charge in [-0.3, -0.25) is 0 Å². The molecule has 1 aliphatic heterocycles. The zero-order chi connectivity index (χ0) is 16.1. The van der Waals surface area contributed by atoms with Crippen molar-refractivity contribution in [2.45, 2.75) is 59.1 Å². The Labute approximate surface area is 129 Å². The van der Waals surface area contributed by atoms with Crippen LogP contribution in [-0.4, -0.2) is 43.5 Å². The van der Waals surface area contributed by atoms with Gasteiger partial charge in [0, 0.05) is 25.2 Å². The van der Waals surface area contributed by atoms with Crippen LogP contribution in [0, 0.1) is 11.8 Å². The Morgan fingerprint density at radius 2 is 2.00 bits per heavy atom.